The summed E-state index contributed by atoms with van der Waals surface area (Å²) >= 11 is 5.46. The number of piperazine rings is 1. The number of carbonyl (C=O) groups is 1. The molecule has 1 saturated heterocycles. The molecule has 0 atom stereocenters. The second-order valence-corrected chi connectivity index (χ2v) is 6.54. The molecule has 0 bridgehead atoms. The van der Waals surface area contributed by atoms with Crippen LogP contribution < -0.4 is 4.90 Å². The molecule has 3 heterocycles. The topological polar surface area (TPSA) is 68.4 Å². The molecule has 0 radical (unpaired) electrons. The fraction of sp³-hybridized carbons (Fsp3) is 0.529. The summed E-state index contributed by atoms with van der Waals surface area (Å²) in [6, 6.07) is 5.97. The van der Waals surface area contributed by atoms with E-state index in [9.17, 15) is 4.79 Å². The largest absolute Gasteiger partial charge is 0.466 e. The Bertz CT molecular complexity index is 795. The first kappa shape index (κ1) is 18.5. The number of nitrogens with zero attached hydrogens (tertiary/aromatic N) is 6. The molecular formula is C17H24N6O2S. The Labute approximate surface area is 158 Å². The Morgan fingerprint density at radius 1 is 1.27 bits per heavy atom. The first-order valence-corrected chi connectivity index (χ1v) is 9.16. The molecule has 0 aliphatic carbocycles. The van der Waals surface area contributed by atoms with Crippen molar-refractivity contribution >= 4 is 24.0 Å². The van der Waals surface area contributed by atoms with E-state index in [0.29, 0.717) is 23.9 Å². The van der Waals surface area contributed by atoms with Gasteiger partial charge in [0.25, 0.3) is 0 Å². The first-order chi connectivity index (χ1) is 12.6. The zero-order valence-electron chi connectivity index (χ0n) is 15.2. The number of anilines is 1. The molecule has 2 aromatic heterocycles. The second kappa shape index (κ2) is 8.41. The van der Waals surface area contributed by atoms with Gasteiger partial charge in [-0.25, -0.2) is 9.67 Å². The van der Waals surface area contributed by atoms with Gasteiger partial charge >= 0.3 is 5.97 Å². The minimum Gasteiger partial charge on any atom is -0.466 e. The summed E-state index contributed by atoms with van der Waals surface area (Å²) in [4.78, 5) is 20.7. The van der Waals surface area contributed by atoms with Crippen molar-refractivity contribution in [3.8, 4) is 0 Å². The monoisotopic (exact) mass is 376 g/mol. The van der Waals surface area contributed by atoms with Gasteiger partial charge in [-0.3, -0.25) is 9.69 Å². The van der Waals surface area contributed by atoms with Gasteiger partial charge in [0.2, 0.25) is 0 Å². The van der Waals surface area contributed by atoms with Crippen molar-refractivity contribution < 1.29 is 9.53 Å². The van der Waals surface area contributed by atoms with E-state index < -0.39 is 0 Å². The summed E-state index contributed by atoms with van der Waals surface area (Å²) in [7, 11) is 1.83. The molecule has 26 heavy (non-hydrogen) atoms. The van der Waals surface area contributed by atoms with Crippen LogP contribution >= 0.6 is 12.2 Å². The smallest absolute Gasteiger partial charge is 0.313 e. The molecule has 0 saturated carbocycles. The molecule has 0 spiro atoms. The number of pyridine rings is 1. The summed E-state index contributed by atoms with van der Waals surface area (Å²) < 4.78 is 9.16. The highest BCUT2D eigenvalue weighted by Gasteiger charge is 2.20. The van der Waals surface area contributed by atoms with Crippen LogP contribution in [-0.4, -0.2) is 63.0 Å². The van der Waals surface area contributed by atoms with E-state index in [2.05, 4.69) is 19.9 Å². The number of esters is 1. The van der Waals surface area contributed by atoms with E-state index in [0.717, 1.165) is 32.0 Å². The maximum atomic E-state index is 11.7. The highest BCUT2D eigenvalue weighted by molar-refractivity contribution is 7.71. The predicted molar refractivity (Wildman–Crippen MR) is 100 cm³/mol. The van der Waals surface area contributed by atoms with Crippen molar-refractivity contribution in [1.82, 2.24) is 24.2 Å². The molecule has 140 valence electrons. The van der Waals surface area contributed by atoms with Gasteiger partial charge < -0.3 is 14.2 Å². The Kier molecular flexibility index (Phi) is 6.00. The van der Waals surface area contributed by atoms with Crippen molar-refractivity contribution in [2.45, 2.75) is 20.0 Å². The van der Waals surface area contributed by atoms with Crippen LogP contribution in [-0.2, 0) is 29.7 Å². The molecule has 2 aromatic rings. The molecule has 0 aromatic carbocycles. The van der Waals surface area contributed by atoms with E-state index in [1.54, 1.807) is 16.2 Å². The summed E-state index contributed by atoms with van der Waals surface area (Å²) in [5, 5.41) is 4.51. The molecule has 8 nitrogen and oxygen atoms in total. The quantitative estimate of drug-likeness (QED) is 0.555. The third-order valence-corrected chi connectivity index (χ3v) is 4.90. The lowest BCUT2D eigenvalue weighted by molar-refractivity contribution is -0.142. The average molecular weight is 376 g/mol. The van der Waals surface area contributed by atoms with Crippen LogP contribution in [0.2, 0.25) is 0 Å². The third-order valence-electron chi connectivity index (χ3n) is 4.42. The second-order valence-electron chi connectivity index (χ2n) is 6.17. The lowest BCUT2D eigenvalue weighted by atomic mass is 10.3. The number of hydrogen-bond donors (Lipinski definition) is 0. The van der Waals surface area contributed by atoms with E-state index in [1.807, 2.05) is 31.4 Å². The van der Waals surface area contributed by atoms with Gasteiger partial charge in [-0.2, -0.15) is 5.10 Å². The minimum absolute atomic E-state index is 0.133. The number of carbonyl (C=O) groups excluding carboxylic acids is 1. The van der Waals surface area contributed by atoms with Gasteiger partial charge in [-0.05, 0) is 31.3 Å². The zero-order chi connectivity index (χ0) is 18.5. The maximum Gasteiger partial charge on any atom is 0.313 e. The normalized spacial score (nSPS) is 15.2. The molecule has 1 aliphatic heterocycles. The lowest BCUT2D eigenvalue weighted by Gasteiger charge is -2.35. The van der Waals surface area contributed by atoms with Gasteiger partial charge in [0.15, 0.2) is 4.77 Å². The summed E-state index contributed by atoms with van der Waals surface area (Å²) in [5.74, 6) is 1.35. The molecular weight excluding hydrogens is 352 g/mol. The number of ether oxygens (including phenoxy) is 1. The van der Waals surface area contributed by atoms with E-state index in [4.69, 9.17) is 17.0 Å². The molecule has 9 heteroatoms. The highest BCUT2D eigenvalue weighted by atomic mass is 32.1. The van der Waals surface area contributed by atoms with Crippen LogP contribution in [0.15, 0.2) is 24.4 Å². The Balaban J connectivity index is 1.60. The van der Waals surface area contributed by atoms with Crippen LogP contribution in [0.25, 0.3) is 0 Å². The standard InChI is InChI=1S/C17H24N6O2S/c1-3-25-16(24)12-15-19-23(17(26)20(15)2)13-21-8-10-22(11-9-21)14-6-4-5-7-18-14/h4-7H,3,8-13H2,1-2H3. The SMILES string of the molecule is CCOC(=O)Cc1nn(CN2CCN(c3ccccn3)CC2)c(=S)n1C. The van der Waals surface area contributed by atoms with E-state index >= 15 is 0 Å². The van der Waals surface area contributed by atoms with Crippen LogP contribution in [0, 0.1) is 4.77 Å². The van der Waals surface area contributed by atoms with Crippen molar-refractivity contribution in [3.05, 3.63) is 35.0 Å². The van der Waals surface area contributed by atoms with Gasteiger partial charge in [-0.15, -0.1) is 0 Å². The number of hydrogen-bond acceptors (Lipinski definition) is 7. The maximum absolute atomic E-state index is 11.7. The van der Waals surface area contributed by atoms with Gasteiger partial charge in [0, 0.05) is 39.4 Å². The fourth-order valence-electron chi connectivity index (χ4n) is 2.97. The van der Waals surface area contributed by atoms with E-state index in [1.165, 1.54) is 0 Å². The van der Waals surface area contributed by atoms with Crippen LogP contribution in [0.3, 0.4) is 0 Å². The van der Waals surface area contributed by atoms with Crippen molar-refractivity contribution in [2.24, 2.45) is 7.05 Å². The number of rotatable bonds is 6. The van der Waals surface area contributed by atoms with Crippen molar-refractivity contribution in [3.63, 3.8) is 0 Å². The van der Waals surface area contributed by atoms with Crippen molar-refractivity contribution in [2.75, 3.05) is 37.7 Å². The summed E-state index contributed by atoms with van der Waals surface area (Å²) in [6.07, 6.45) is 1.95. The third kappa shape index (κ3) is 4.28. The Hall–Kier alpha value is -2.26. The average Bonchev–Trinajstić information content (AvgIpc) is 2.91. The Morgan fingerprint density at radius 3 is 2.69 bits per heavy atom. The first-order valence-electron chi connectivity index (χ1n) is 8.75. The molecule has 1 fully saturated rings. The predicted octanol–water partition coefficient (Wildman–Crippen LogP) is 1.23. The van der Waals surface area contributed by atoms with E-state index in [-0.39, 0.29) is 12.4 Å². The number of aromatic nitrogens is 4. The zero-order valence-corrected chi connectivity index (χ0v) is 16.0. The van der Waals surface area contributed by atoms with Gasteiger partial charge in [0.1, 0.15) is 18.1 Å². The van der Waals surface area contributed by atoms with Gasteiger partial charge in [-0.1, -0.05) is 6.07 Å². The molecule has 0 unspecified atom stereocenters. The van der Waals surface area contributed by atoms with Crippen LogP contribution in [0.5, 0.6) is 0 Å². The summed E-state index contributed by atoms with van der Waals surface area (Å²) in [6.45, 7) is 6.40. The van der Waals surface area contributed by atoms with Crippen molar-refractivity contribution in [1.29, 1.82) is 0 Å². The minimum atomic E-state index is -0.285. The lowest BCUT2D eigenvalue weighted by Crippen LogP contribution is -2.47. The molecule has 0 amide bonds. The molecule has 1 aliphatic rings. The van der Waals surface area contributed by atoms with Crippen LogP contribution in [0.4, 0.5) is 5.82 Å². The molecule has 3 rings (SSSR count). The fourth-order valence-corrected chi connectivity index (χ4v) is 3.17. The van der Waals surface area contributed by atoms with Gasteiger partial charge in [0.05, 0.1) is 13.3 Å². The summed E-state index contributed by atoms with van der Waals surface area (Å²) in [5.41, 5.74) is 0. The Morgan fingerprint density at radius 2 is 2.04 bits per heavy atom. The van der Waals surface area contributed by atoms with Crippen LogP contribution in [0.1, 0.15) is 12.7 Å². The molecule has 0 N–H and O–H groups in total. The highest BCUT2D eigenvalue weighted by Crippen LogP contribution is 2.13.